The predicted octanol–water partition coefficient (Wildman–Crippen LogP) is 6.14. The molecule has 0 saturated heterocycles. The van der Waals surface area contributed by atoms with E-state index in [4.69, 9.17) is 9.47 Å². The molecule has 5 heteroatoms. The van der Waals surface area contributed by atoms with Crippen LogP contribution in [0.1, 0.15) is 24.8 Å². The summed E-state index contributed by atoms with van der Waals surface area (Å²) in [6.07, 6.45) is 2.30. The predicted molar refractivity (Wildman–Crippen MR) is 127 cm³/mol. The molecule has 5 nitrogen and oxygen atoms in total. The molecule has 1 heterocycles. The Morgan fingerprint density at radius 3 is 2.00 bits per heavy atom. The number of benzene rings is 3. The van der Waals surface area contributed by atoms with Gasteiger partial charge in [0.2, 0.25) is 0 Å². The molecule has 0 spiro atoms. The Morgan fingerprint density at radius 2 is 1.39 bits per heavy atom. The van der Waals surface area contributed by atoms with E-state index in [1.165, 1.54) is 0 Å². The first kappa shape index (κ1) is 21.0. The molecule has 1 saturated carbocycles. The van der Waals surface area contributed by atoms with Gasteiger partial charge >= 0.3 is 6.09 Å². The van der Waals surface area contributed by atoms with Gasteiger partial charge in [0, 0.05) is 6.42 Å². The Labute approximate surface area is 193 Å². The highest BCUT2D eigenvalue weighted by Crippen LogP contribution is 2.37. The number of Topliss-reactive ketones (excluding diaryl/α,β-unsaturated/α-hetero) is 1. The maximum atomic E-state index is 13.3. The molecule has 5 rings (SSSR count). The molecule has 3 atom stereocenters. The molecule has 166 valence electrons. The van der Waals surface area contributed by atoms with Gasteiger partial charge in [-0.15, -0.1) is 0 Å². The lowest BCUT2D eigenvalue weighted by atomic mass is 9.78. The van der Waals surface area contributed by atoms with Crippen LogP contribution in [-0.4, -0.2) is 24.1 Å². The number of amides is 1. The summed E-state index contributed by atoms with van der Waals surface area (Å²) in [5.74, 6) is -0.100. The molecule has 3 aromatic rings. The fraction of sp³-hybridized carbons (Fsp3) is 0.214. The maximum absolute atomic E-state index is 13.3. The molecule has 1 amide bonds. The summed E-state index contributed by atoms with van der Waals surface area (Å²) in [6.45, 7) is 0. The smallest absolute Gasteiger partial charge is 0.419 e. The topological polar surface area (TPSA) is 55.8 Å². The molecule has 1 aliphatic carbocycles. The van der Waals surface area contributed by atoms with Gasteiger partial charge in [-0.2, -0.15) is 0 Å². The van der Waals surface area contributed by atoms with Crippen molar-refractivity contribution in [1.82, 2.24) is 0 Å². The standard InChI is InChI=1S/C28H25NO4/c30-27-24-17-16-23(18-26(24)32-19-25(27)20-10-4-1-5-11-20)33-28(31)29(21-12-6-2-7-13-21)22-14-8-3-9-15-22/h1-15,19,23-24,26H,16-18H2. The van der Waals surface area contributed by atoms with E-state index < -0.39 is 6.09 Å². The Hall–Kier alpha value is -3.86. The molecule has 0 aromatic heterocycles. The minimum absolute atomic E-state index is 0.109. The zero-order valence-corrected chi connectivity index (χ0v) is 18.2. The van der Waals surface area contributed by atoms with Crippen LogP contribution in [0.5, 0.6) is 0 Å². The minimum atomic E-state index is -0.432. The molecule has 0 radical (unpaired) electrons. The number of carbonyl (C=O) groups excluding carboxylic acids is 2. The van der Waals surface area contributed by atoms with Gasteiger partial charge in [-0.1, -0.05) is 66.7 Å². The van der Waals surface area contributed by atoms with Gasteiger partial charge in [0.05, 0.1) is 29.1 Å². The molecule has 33 heavy (non-hydrogen) atoms. The number of nitrogens with zero attached hydrogens (tertiary/aromatic N) is 1. The molecule has 0 bridgehead atoms. The Morgan fingerprint density at radius 1 is 0.818 bits per heavy atom. The number of carbonyl (C=O) groups is 2. The minimum Gasteiger partial charge on any atom is -0.496 e. The van der Waals surface area contributed by atoms with Gasteiger partial charge < -0.3 is 9.47 Å². The Balaban J connectivity index is 1.30. The van der Waals surface area contributed by atoms with Crippen LogP contribution >= 0.6 is 0 Å². The van der Waals surface area contributed by atoms with Crippen molar-refractivity contribution in [2.75, 3.05) is 4.90 Å². The lowest BCUT2D eigenvalue weighted by molar-refractivity contribution is -0.126. The van der Waals surface area contributed by atoms with Crippen LogP contribution in [0, 0.1) is 5.92 Å². The van der Waals surface area contributed by atoms with Crippen LogP contribution in [0.3, 0.4) is 0 Å². The normalized spacial score (nSPS) is 21.9. The number of para-hydroxylation sites is 2. The largest absolute Gasteiger partial charge is 0.496 e. The van der Waals surface area contributed by atoms with Crippen molar-refractivity contribution in [2.24, 2.45) is 5.92 Å². The van der Waals surface area contributed by atoms with Gasteiger partial charge in [-0.3, -0.25) is 4.79 Å². The number of allylic oxidation sites excluding steroid dienone is 1. The summed E-state index contributed by atoms with van der Waals surface area (Å²) in [6, 6.07) is 28.5. The summed E-state index contributed by atoms with van der Waals surface area (Å²) in [7, 11) is 0. The average Bonchev–Trinajstić information content (AvgIpc) is 2.86. The van der Waals surface area contributed by atoms with Gasteiger partial charge in [0.1, 0.15) is 12.2 Å². The zero-order chi connectivity index (χ0) is 22.6. The molecule has 1 aliphatic heterocycles. The first-order valence-corrected chi connectivity index (χ1v) is 11.3. The van der Waals surface area contributed by atoms with Gasteiger partial charge in [-0.25, -0.2) is 9.69 Å². The van der Waals surface area contributed by atoms with Crippen LogP contribution in [0.15, 0.2) is 97.3 Å². The van der Waals surface area contributed by atoms with Crippen molar-refractivity contribution in [3.05, 3.63) is 103 Å². The van der Waals surface area contributed by atoms with Crippen LogP contribution in [-0.2, 0) is 14.3 Å². The number of ether oxygens (including phenoxy) is 2. The second-order valence-electron chi connectivity index (χ2n) is 8.37. The zero-order valence-electron chi connectivity index (χ0n) is 18.2. The van der Waals surface area contributed by atoms with Crippen molar-refractivity contribution in [2.45, 2.75) is 31.5 Å². The number of ketones is 1. The number of hydrogen-bond donors (Lipinski definition) is 0. The van der Waals surface area contributed by atoms with Crippen LogP contribution < -0.4 is 4.90 Å². The van der Waals surface area contributed by atoms with Crippen LogP contribution in [0.2, 0.25) is 0 Å². The lowest BCUT2D eigenvalue weighted by Crippen LogP contribution is -2.43. The van der Waals surface area contributed by atoms with E-state index in [0.29, 0.717) is 24.8 Å². The van der Waals surface area contributed by atoms with Crippen molar-refractivity contribution in [1.29, 1.82) is 0 Å². The van der Waals surface area contributed by atoms with E-state index >= 15 is 0 Å². The molecule has 1 fully saturated rings. The summed E-state index contributed by atoms with van der Waals surface area (Å²) < 4.78 is 11.9. The second kappa shape index (κ2) is 9.33. The SMILES string of the molecule is O=C1C(c2ccccc2)=COC2CC(OC(=O)N(c3ccccc3)c3ccccc3)CCC12. The van der Waals surface area contributed by atoms with E-state index in [0.717, 1.165) is 16.9 Å². The number of hydrogen-bond acceptors (Lipinski definition) is 4. The quantitative estimate of drug-likeness (QED) is 0.490. The Kier molecular flexibility index (Phi) is 5.94. The molecular formula is C28H25NO4. The summed E-state index contributed by atoms with van der Waals surface area (Å²) in [5, 5.41) is 0. The highest BCUT2D eigenvalue weighted by molar-refractivity contribution is 6.22. The molecule has 3 unspecified atom stereocenters. The average molecular weight is 440 g/mol. The summed E-state index contributed by atoms with van der Waals surface area (Å²) in [5.41, 5.74) is 2.96. The van der Waals surface area contributed by atoms with Crippen LogP contribution in [0.25, 0.3) is 5.57 Å². The molecule has 0 N–H and O–H groups in total. The van der Waals surface area contributed by atoms with E-state index in [9.17, 15) is 9.59 Å². The van der Waals surface area contributed by atoms with Crippen molar-refractivity contribution >= 4 is 28.8 Å². The first-order chi connectivity index (χ1) is 16.2. The molecule has 2 aliphatic rings. The monoisotopic (exact) mass is 439 g/mol. The van der Waals surface area contributed by atoms with Crippen LogP contribution in [0.4, 0.5) is 16.2 Å². The van der Waals surface area contributed by atoms with Crippen molar-refractivity contribution in [3.63, 3.8) is 0 Å². The highest BCUT2D eigenvalue weighted by Gasteiger charge is 2.41. The van der Waals surface area contributed by atoms with E-state index in [2.05, 4.69) is 0 Å². The number of anilines is 2. The second-order valence-corrected chi connectivity index (χ2v) is 8.37. The Bertz CT molecular complexity index is 1100. The highest BCUT2D eigenvalue weighted by atomic mass is 16.6. The summed E-state index contributed by atoms with van der Waals surface area (Å²) in [4.78, 5) is 27.9. The van der Waals surface area contributed by atoms with E-state index in [1.54, 1.807) is 11.2 Å². The molecule has 3 aromatic carbocycles. The van der Waals surface area contributed by atoms with Gasteiger partial charge in [0.15, 0.2) is 5.78 Å². The van der Waals surface area contributed by atoms with E-state index in [-0.39, 0.29) is 23.9 Å². The number of fused-ring (bicyclic) bond motifs is 1. The first-order valence-electron chi connectivity index (χ1n) is 11.3. The van der Waals surface area contributed by atoms with Crippen molar-refractivity contribution < 1.29 is 19.1 Å². The van der Waals surface area contributed by atoms with Crippen molar-refractivity contribution in [3.8, 4) is 0 Å². The van der Waals surface area contributed by atoms with Gasteiger partial charge in [-0.05, 0) is 42.7 Å². The third-order valence-corrected chi connectivity index (χ3v) is 6.27. The molecular weight excluding hydrogens is 414 g/mol. The number of rotatable bonds is 4. The fourth-order valence-corrected chi connectivity index (χ4v) is 4.60. The summed E-state index contributed by atoms with van der Waals surface area (Å²) >= 11 is 0. The third-order valence-electron chi connectivity index (χ3n) is 6.27. The fourth-order valence-electron chi connectivity index (χ4n) is 4.60. The van der Waals surface area contributed by atoms with E-state index in [1.807, 2.05) is 91.0 Å². The lowest BCUT2D eigenvalue weighted by Gasteiger charge is -2.37. The third kappa shape index (κ3) is 4.40. The maximum Gasteiger partial charge on any atom is 0.419 e. The van der Waals surface area contributed by atoms with Gasteiger partial charge in [0.25, 0.3) is 0 Å².